The normalized spacial score (nSPS) is 11.8. The summed E-state index contributed by atoms with van der Waals surface area (Å²) >= 11 is 5.77. The summed E-state index contributed by atoms with van der Waals surface area (Å²) in [6, 6.07) is 5.15. The van der Waals surface area contributed by atoms with Crippen molar-refractivity contribution >= 4 is 17.5 Å². The molecule has 4 nitrogen and oxygen atoms in total. The van der Waals surface area contributed by atoms with E-state index < -0.39 is 0 Å². The average molecular weight is 258 g/mol. The Morgan fingerprint density at radius 2 is 2.12 bits per heavy atom. The lowest BCUT2D eigenvalue weighted by Gasteiger charge is -2.12. The number of benzene rings is 1. The number of rotatable bonds is 5. The van der Waals surface area contributed by atoms with Crippen LogP contribution in [0.25, 0.3) is 0 Å². The molecule has 0 aromatic heterocycles. The first-order valence-corrected chi connectivity index (χ1v) is 5.67. The molecule has 0 saturated carbocycles. The number of methoxy groups -OCH3 is 2. The van der Waals surface area contributed by atoms with Crippen molar-refractivity contribution in [2.45, 2.75) is 12.3 Å². The number of amides is 1. The van der Waals surface area contributed by atoms with E-state index in [2.05, 4.69) is 5.32 Å². The zero-order valence-electron chi connectivity index (χ0n) is 10.1. The lowest BCUT2D eigenvalue weighted by Crippen LogP contribution is -2.28. The fraction of sp³-hybridized carbons (Fsp3) is 0.417. The molecule has 0 aliphatic carbocycles. The minimum absolute atomic E-state index is 0.115. The monoisotopic (exact) mass is 257 g/mol. The Labute approximate surface area is 106 Å². The third-order valence-electron chi connectivity index (χ3n) is 2.19. The highest BCUT2D eigenvalue weighted by atomic mass is 35.5. The number of alkyl halides is 1. The summed E-state index contributed by atoms with van der Waals surface area (Å²) in [7, 11) is 3.03. The molecule has 0 radical (unpaired) electrons. The minimum atomic E-state index is -0.228. The number of hydrogen-bond donors (Lipinski definition) is 1. The number of para-hydroxylation sites is 1. The van der Waals surface area contributed by atoms with Crippen LogP contribution in [0.15, 0.2) is 18.2 Å². The van der Waals surface area contributed by atoms with Gasteiger partial charge in [-0.05, 0) is 19.1 Å². The smallest absolute Gasteiger partial charge is 0.255 e. The van der Waals surface area contributed by atoms with Crippen molar-refractivity contribution < 1.29 is 14.3 Å². The van der Waals surface area contributed by atoms with Crippen LogP contribution in [0.1, 0.15) is 17.3 Å². The lowest BCUT2D eigenvalue weighted by atomic mass is 10.1. The lowest BCUT2D eigenvalue weighted by molar-refractivity contribution is 0.0950. The van der Waals surface area contributed by atoms with Gasteiger partial charge in [-0.25, -0.2) is 0 Å². The van der Waals surface area contributed by atoms with Crippen molar-refractivity contribution in [1.82, 2.24) is 5.32 Å². The predicted molar refractivity (Wildman–Crippen MR) is 67.2 cm³/mol. The molecule has 5 heteroatoms. The quantitative estimate of drug-likeness (QED) is 0.822. The maximum Gasteiger partial charge on any atom is 0.255 e. The maximum absolute atomic E-state index is 11.9. The summed E-state index contributed by atoms with van der Waals surface area (Å²) < 4.78 is 10.3. The summed E-state index contributed by atoms with van der Waals surface area (Å²) in [6.07, 6.45) is 0. The number of carbonyl (C=O) groups excluding carboxylic acids is 1. The number of hydrogen-bond acceptors (Lipinski definition) is 3. The van der Waals surface area contributed by atoms with Gasteiger partial charge >= 0.3 is 0 Å². The van der Waals surface area contributed by atoms with E-state index in [0.717, 1.165) is 0 Å². The Morgan fingerprint density at radius 3 is 2.65 bits per heavy atom. The van der Waals surface area contributed by atoms with Crippen LogP contribution in [0.5, 0.6) is 11.5 Å². The summed E-state index contributed by atoms with van der Waals surface area (Å²) in [5.41, 5.74) is 0.434. The zero-order valence-corrected chi connectivity index (χ0v) is 10.9. The second kappa shape index (κ2) is 6.35. The highest BCUT2D eigenvalue weighted by Crippen LogP contribution is 2.30. The van der Waals surface area contributed by atoms with Crippen molar-refractivity contribution in [3.05, 3.63) is 23.8 Å². The van der Waals surface area contributed by atoms with Crippen LogP contribution in [-0.4, -0.2) is 32.0 Å². The molecular weight excluding hydrogens is 242 g/mol. The minimum Gasteiger partial charge on any atom is -0.493 e. The molecule has 94 valence electrons. The van der Waals surface area contributed by atoms with Gasteiger partial charge in [0.1, 0.15) is 0 Å². The molecule has 0 spiro atoms. The third kappa shape index (κ3) is 3.53. The standard InChI is InChI=1S/C12H16ClNO3/c1-8(13)7-14-12(15)9-5-4-6-10(16-2)11(9)17-3/h4-6,8H,7H2,1-3H3,(H,14,15). The molecule has 0 bridgehead atoms. The van der Waals surface area contributed by atoms with Gasteiger partial charge < -0.3 is 14.8 Å². The van der Waals surface area contributed by atoms with Gasteiger partial charge in [0, 0.05) is 11.9 Å². The summed E-state index contributed by atoms with van der Waals surface area (Å²) in [5, 5.41) is 2.60. The maximum atomic E-state index is 11.9. The number of halogens is 1. The van der Waals surface area contributed by atoms with E-state index in [4.69, 9.17) is 21.1 Å². The fourth-order valence-corrected chi connectivity index (χ4v) is 1.47. The highest BCUT2D eigenvalue weighted by molar-refractivity contribution is 6.20. The number of carbonyl (C=O) groups is 1. The summed E-state index contributed by atoms with van der Waals surface area (Å²) in [4.78, 5) is 11.9. The molecule has 1 unspecified atom stereocenters. The first-order valence-electron chi connectivity index (χ1n) is 5.23. The van der Waals surface area contributed by atoms with Gasteiger partial charge in [-0.3, -0.25) is 4.79 Å². The zero-order chi connectivity index (χ0) is 12.8. The van der Waals surface area contributed by atoms with Crippen LogP contribution < -0.4 is 14.8 Å². The van der Waals surface area contributed by atoms with Crippen LogP contribution in [0.3, 0.4) is 0 Å². The predicted octanol–water partition coefficient (Wildman–Crippen LogP) is 2.06. The topological polar surface area (TPSA) is 47.6 Å². The van der Waals surface area contributed by atoms with Crippen LogP contribution in [-0.2, 0) is 0 Å². The van der Waals surface area contributed by atoms with Crippen molar-refractivity contribution in [3.63, 3.8) is 0 Å². The molecule has 0 aliphatic heterocycles. The molecule has 1 aromatic carbocycles. The first-order chi connectivity index (χ1) is 8.10. The van der Waals surface area contributed by atoms with E-state index in [1.807, 2.05) is 6.92 Å². The molecule has 1 rings (SSSR count). The van der Waals surface area contributed by atoms with Gasteiger partial charge in [0.2, 0.25) is 0 Å². The van der Waals surface area contributed by atoms with E-state index in [1.165, 1.54) is 14.2 Å². The summed E-state index contributed by atoms with van der Waals surface area (Å²) in [5.74, 6) is 0.724. The van der Waals surface area contributed by atoms with E-state index in [1.54, 1.807) is 18.2 Å². The molecule has 1 N–H and O–H groups in total. The number of ether oxygens (including phenoxy) is 2. The van der Waals surface area contributed by atoms with Crippen LogP contribution in [0.4, 0.5) is 0 Å². The molecule has 0 heterocycles. The second-order valence-corrected chi connectivity index (χ2v) is 4.28. The average Bonchev–Trinajstić information content (AvgIpc) is 2.34. The summed E-state index contributed by atoms with van der Waals surface area (Å²) in [6.45, 7) is 2.21. The van der Waals surface area contributed by atoms with E-state index in [9.17, 15) is 4.79 Å². The Balaban J connectivity index is 2.92. The Hall–Kier alpha value is -1.42. The number of nitrogens with one attached hydrogen (secondary N) is 1. The van der Waals surface area contributed by atoms with Crippen molar-refractivity contribution in [2.75, 3.05) is 20.8 Å². The van der Waals surface area contributed by atoms with Gasteiger partial charge in [-0.1, -0.05) is 6.07 Å². The molecule has 1 atom stereocenters. The highest BCUT2D eigenvalue weighted by Gasteiger charge is 2.16. The van der Waals surface area contributed by atoms with Gasteiger partial charge in [0.25, 0.3) is 5.91 Å². The van der Waals surface area contributed by atoms with Gasteiger partial charge in [-0.15, -0.1) is 11.6 Å². The molecule has 0 saturated heterocycles. The van der Waals surface area contributed by atoms with E-state index in [-0.39, 0.29) is 11.3 Å². The fourth-order valence-electron chi connectivity index (χ4n) is 1.39. The van der Waals surface area contributed by atoms with Crippen LogP contribution in [0, 0.1) is 0 Å². The van der Waals surface area contributed by atoms with Gasteiger partial charge in [-0.2, -0.15) is 0 Å². The van der Waals surface area contributed by atoms with Crippen LogP contribution >= 0.6 is 11.6 Å². The molecule has 0 aliphatic rings. The Kier molecular flexibility index (Phi) is 5.10. The third-order valence-corrected chi connectivity index (χ3v) is 2.35. The van der Waals surface area contributed by atoms with Crippen molar-refractivity contribution in [2.24, 2.45) is 0 Å². The Morgan fingerprint density at radius 1 is 1.41 bits per heavy atom. The van der Waals surface area contributed by atoms with E-state index in [0.29, 0.717) is 23.6 Å². The first kappa shape index (κ1) is 13.6. The molecular formula is C12H16ClNO3. The largest absolute Gasteiger partial charge is 0.493 e. The SMILES string of the molecule is COc1cccc(C(=O)NCC(C)Cl)c1OC. The molecule has 1 amide bonds. The molecule has 0 fully saturated rings. The van der Waals surface area contributed by atoms with Crippen LogP contribution in [0.2, 0.25) is 0 Å². The molecule has 1 aromatic rings. The van der Waals surface area contributed by atoms with Gasteiger partial charge in [0.15, 0.2) is 11.5 Å². The second-order valence-electron chi connectivity index (χ2n) is 3.53. The van der Waals surface area contributed by atoms with Crippen molar-refractivity contribution in [3.8, 4) is 11.5 Å². The van der Waals surface area contributed by atoms with Crippen molar-refractivity contribution in [1.29, 1.82) is 0 Å². The van der Waals surface area contributed by atoms with Gasteiger partial charge in [0.05, 0.1) is 19.8 Å². The van der Waals surface area contributed by atoms with E-state index >= 15 is 0 Å². The molecule has 17 heavy (non-hydrogen) atoms. The Bertz CT molecular complexity index is 393.